The van der Waals surface area contributed by atoms with Crippen LogP contribution >= 0.6 is 0 Å². The number of cyclic esters (lactones) is 1. The Morgan fingerprint density at radius 3 is 2.68 bits per heavy atom. The smallest absolute Gasteiger partial charge is 0.338 e. The van der Waals surface area contributed by atoms with Crippen LogP contribution in [0.25, 0.3) is 0 Å². The molecule has 0 aromatic heterocycles. The third-order valence-electron chi connectivity index (χ3n) is 5.80. The third-order valence-corrected chi connectivity index (χ3v) is 5.80. The summed E-state index contributed by atoms with van der Waals surface area (Å²) in [6.07, 6.45) is 4.88. The van der Waals surface area contributed by atoms with E-state index in [2.05, 4.69) is 13.8 Å². The number of ether oxygens (including phenoxy) is 3. The quantitative estimate of drug-likeness (QED) is 0.356. The molecule has 25 heavy (non-hydrogen) atoms. The van der Waals surface area contributed by atoms with Gasteiger partial charge in [-0.3, -0.25) is 0 Å². The fourth-order valence-electron chi connectivity index (χ4n) is 4.42. The highest BCUT2D eigenvalue weighted by Crippen LogP contribution is 2.55. The molecule has 0 aromatic carbocycles. The Kier molecular flexibility index (Phi) is 3.58. The number of hydrogen-bond acceptors (Lipinski definition) is 6. The van der Waals surface area contributed by atoms with Gasteiger partial charge in [-0.25, -0.2) is 9.59 Å². The molecule has 6 nitrogen and oxygen atoms in total. The van der Waals surface area contributed by atoms with Crippen LogP contribution in [0.2, 0.25) is 0 Å². The number of hydrogen-bond donors (Lipinski definition) is 1. The summed E-state index contributed by atoms with van der Waals surface area (Å²) in [7, 11) is 0. The molecule has 0 spiro atoms. The molecule has 134 valence electrons. The molecule has 2 aliphatic heterocycles. The molecule has 1 saturated heterocycles. The summed E-state index contributed by atoms with van der Waals surface area (Å²) in [5, 5.41) is 10.4. The van der Waals surface area contributed by atoms with Gasteiger partial charge in [0, 0.05) is 17.6 Å². The first kappa shape index (κ1) is 16.4. The third kappa shape index (κ3) is 2.51. The summed E-state index contributed by atoms with van der Waals surface area (Å²) in [5.41, 5.74) is 1.81. The lowest BCUT2D eigenvalue weighted by molar-refractivity contribution is -0.152. The summed E-state index contributed by atoms with van der Waals surface area (Å²) in [5.74, 6) is -1.05. The molecule has 0 aromatic rings. The van der Waals surface area contributed by atoms with E-state index in [4.69, 9.17) is 14.2 Å². The molecular formula is C19H22O6. The van der Waals surface area contributed by atoms with E-state index in [1.807, 2.05) is 6.08 Å². The van der Waals surface area contributed by atoms with Crippen LogP contribution in [0.4, 0.5) is 0 Å². The van der Waals surface area contributed by atoms with Gasteiger partial charge in [0.1, 0.15) is 6.10 Å². The highest BCUT2D eigenvalue weighted by Gasteiger charge is 2.56. The number of carbonyl (C=O) groups is 2. The fraction of sp³-hybridized carbons (Fsp3) is 0.579. The van der Waals surface area contributed by atoms with Crippen LogP contribution in [-0.4, -0.2) is 35.5 Å². The molecule has 4 rings (SSSR count). The van der Waals surface area contributed by atoms with E-state index in [0.29, 0.717) is 11.1 Å². The summed E-state index contributed by atoms with van der Waals surface area (Å²) in [6, 6.07) is 0. The van der Waals surface area contributed by atoms with Crippen LogP contribution in [0.15, 0.2) is 35.1 Å². The molecule has 2 heterocycles. The predicted octanol–water partition coefficient (Wildman–Crippen LogP) is 1.99. The van der Waals surface area contributed by atoms with E-state index in [1.165, 1.54) is 6.26 Å². The largest absolute Gasteiger partial charge is 0.458 e. The minimum absolute atomic E-state index is 0.0162. The van der Waals surface area contributed by atoms with Gasteiger partial charge in [-0.1, -0.05) is 19.9 Å². The molecule has 1 saturated carbocycles. The number of fused-ring (bicyclic) bond motifs is 3. The second kappa shape index (κ2) is 5.46. The van der Waals surface area contributed by atoms with Crippen molar-refractivity contribution in [2.45, 2.75) is 52.1 Å². The summed E-state index contributed by atoms with van der Waals surface area (Å²) in [4.78, 5) is 23.7. The number of carbonyl (C=O) groups excluding carboxylic acids is 2. The first-order valence-electron chi connectivity index (χ1n) is 8.63. The Balaban J connectivity index is 1.59. The highest BCUT2D eigenvalue weighted by molar-refractivity contribution is 5.92. The predicted molar refractivity (Wildman–Crippen MR) is 86.8 cm³/mol. The fourth-order valence-corrected chi connectivity index (χ4v) is 4.42. The van der Waals surface area contributed by atoms with Gasteiger partial charge in [-0.05, 0) is 30.8 Å². The van der Waals surface area contributed by atoms with Gasteiger partial charge in [0.2, 0.25) is 0 Å². The Morgan fingerprint density at radius 1 is 1.24 bits per heavy atom. The van der Waals surface area contributed by atoms with Crippen LogP contribution in [0.1, 0.15) is 33.6 Å². The van der Waals surface area contributed by atoms with Crippen molar-refractivity contribution in [1.29, 1.82) is 0 Å². The average Bonchev–Trinajstić information content (AvgIpc) is 3.15. The minimum atomic E-state index is -0.815. The van der Waals surface area contributed by atoms with E-state index >= 15 is 0 Å². The number of aliphatic hydroxyl groups excluding tert-OH is 1. The maximum Gasteiger partial charge on any atom is 0.338 e. The van der Waals surface area contributed by atoms with Crippen molar-refractivity contribution in [2.75, 3.05) is 0 Å². The zero-order valence-electron chi connectivity index (χ0n) is 14.5. The zero-order chi connectivity index (χ0) is 17.9. The molecular weight excluding hydrogens is 324 g/mol. The zero-order valence-corrected chi connectivity index (χ0v) is 14.5. The summed E-state index contributed by atoms with van der Waals surface area (Å²) in [6.45, 7) is 5.95. The van der Waals surface area contributed by atoms with E-state index in [9.17, 15) is 14.7 Å². The molecule has 0 bridgehead atoms. The van der Waals surface area contributed by atoms with Gasteiger partial charge in [-0.2, -0.15) is 0 Å². The Hall–Kier alpha value is -2.08. The molecule has 2 aliphatic carbocycles. The average molecular weight is 346 g/mol. The molecule has 0 amide bonds. The standard InChI is InChI=1S/C19H22O6/c1-9-6-14(24-17(9)21)23-8-12-10-7-11-13(20)4-5-19(2,3)15(11)16(10)25-18(12)22/h6-8,10,13-16,20H,4-5H2,1-3H3/b12-8+/t10-,13+,14-,15+,16+/m1/s1. The van der Waals surface area contributed by atoms with E-state index in [-0.39, 0.29) is 23.4 Å². The maximum atomic E-state index is 12.3. The Labute approximate surface area is 146 Å². The second-order valence-electron chi connectivity index (χ2n) is 7.92. The van der Waals surface area contributed by atoms with Gasteiger partial charge in [0.15, 0.2) is 0 Å². The maximum absolute atomic E-state index is 12.3. The van der Waals surface area contributed by atoms with Crippen molar-refractivity contribution in [3.05, 3.63) is 35.1 Å². The summed E-state index contributed by atoms with van der Waals surface area (Å²) >= 11 is 0. The lowest BCUT2D eigenvalue weighted by atomic mass is 9.65. The molecule has 2 fully saturated rings. The Morgan fingerprint density at radius 2 is 2.00 bits per heavy atom. The Bertz CT molecular complexity index is 728. The van der Waals surface area contributed by atoms with Crippen LogP contribution in [0.3, 0.4) is 0 Å². The molecule has 0 radical (unpaired) electrons. The van der Waals surface area contributed by atoms with Gasteiger partial charge >= 0.3 is 11.9 Å². The molecule has 0 unspecified atom stereocenters. The van der Waals surface area contributed by atoms with Gasteiger partial charge in [0.25, 0.3) is 6.29 Å². The number of esters is 2. The molecule has 6 heteroatoms. The van der Waals surface area contributed by atoms with Gasteiger partial charge < -0.3 is 19.3 Å². The normalized spacial score (nSPS) is 40.2. The highest BCUT2D eigenvalue weighted by atomic mass is 16.7. The topological polar surface area (TPSA) is 82.1 Å². The van der Waals surface area contributed by atoms with Crippen LogP contribution in [0, 0.1) is 17.3 Å². The van der Waals surface area contributed by atoms with Crippen molar-refractivity contribution in [2.24, 2.45) is 17.3 Å². The summed E-state index contributed by atoms with van der Waals surface area (Å²) < 4.78 is 16.1. The van der Waals surface area contributed by atoms with Crippen LogP contribution < -0.4 is 0 Å². The molecule has 1 N–H and O–H groups in total. The van der Waals surface area contributed by atoms with Crippen LogP contribution in [-0.2, 0) is 23.8 Å². The van der Waals surface area contributed by atoms with Crippen molar-refractivity contribution < 1.29 is 28.9 Å². The van der Waals surface area contributed by atoms with Crippen molar-refractivity contribution in [1.82, 2.24) is 0 Å². The molecule has 4 aliphatic rings. The SMILES string of the molecule is CC1=C[C@H](O/C=C2/C(=O)O[C@H]3[C@@H]2C=C2[C@@H](O)CCC(C)(C)[C@@H]23)OC1=O. The van der Waals surface area contributed by atoms with E-state index < -0.39 is 24.3 Å². The monoisotopic (exact) mass is 346 g/mol. The first-order valence-corrected chi connectivity index (χ1v) is 8.63. The lowest BCUT2D eigenvalue weighted by Crippen LogP contribution is -2.41. The van der Waals surface area contributed by atoms with Gasteiger partial charge in [0.05, 0.1) is 23.9 Å². The number of rotatable bonds is 2. The lowest BCUT2D eigenvalue weighted by Gasteiger charge is -2.42. The van der Waals surface area contributed by atoms with Crippen molar-refractivity contribution in [3.63, 3.8) is 0 Å². The molecule has 5 atom stereocenters. The van der Waals surface area contributed by atoms with Crippen molar-refractivity contribution in [3.8, 4) is 0 Å². The van der Waals surface area contributed by atoms with E-state index in [1.54, 1.807) is 13.0 Å². The minimum Gasteiger partial charge on any atom is -0.458 e. The first-order chi connectivity index (χ1) is 11.8. The van der Waals surface area contributed by atoms with Crippen LogP contribution in [0.5, 0.6) is 0 Å². The number of aliphatic hydroxyl groups is 1. The second-order valence-corrected chi connectivity index (χ2v) is 7.92. The van der Waals surface area contributed by atoms with Gasteiger partial charge in [-0.15, -0.1) is 0 Å². The van der Waals surface area contributed by atoms with E-state index in [0.717, 1.165) is 18.4 Å². The van der Waals surface area contributed by atoms with Crippen molar-refractivity contribution >= 4 is 11.9 Å².